The lowest BCUT2D eigenvalue weighted by atomic mass is 9.76. The first kappa shape index (κ1) is 19.7. The van der Waals surface area contributed by atoms with Gasteiger partial charge in [0.15, 0.2) is 0 Å². The van der Waals surface area contributed by atoms with Gasteiger partial charge in [0.1, 0.15) is 11.8 Å². The first-order chi connectivity index (χ1) is 13.6. The van der Waals surface area contributed by atoms with E-state index >= 15 is 0 Å². The van der Waals surface area contributed by atoms with Gasteiger partial charge in [-0.1, -0.05) is 43.3 Å². The predicted octanol–water partition coefficient (Wildman–Crippen LogP) is 3.13. The van der Waals surface area contributed by atoms with E-state index in [1.54, 1.807) is 7.11 Å². The van der Waals surface area contributed by atoms with Crippen molar-refractivity contribution in [3.63, 3.8) is 0 Å². The van der Waals surface area contributed by atoms with Crippen LogP contribution in [-0.2, 0) is 0 Å². The number of hydrogen-bond donors (Lipinski definition) is 2. The van der Waals surface area contributed by atoms with Crippen molar-refractivity contribution in [3.8, 4) is 22.9 Å². The third kappa shape index (κ3) is 3.67. The van der Waals surface area contributed by atoms with E-state index in [2.05, 4.69) is 11.4 Å². The summed E-state index contributed by atoms with van der Waals surface area (Å²) in [4.78, 5) is 13.8. The number of aliphatic hydroxyl groups is 1. The van der Waals surface area contributed by atoms with Gasteiger partial charge in [-0.3, -0.25) is 0 Å². The van der Waals surface area contributed by atoms with Gasteiger partial charge in [0.05, 0.1) is 25.8 Å². The van der Waals surface area contributed by atoms with E-state index in [0.29, 0.717) is 6.54 Å². The SMILES string of the molecule is CCCNC(=O)N1[C@@H](C#N)[C@H](c2ccc(-c3cccc(OC)c3)cc2)[C@@H]1CO. The number of rotatable bonds is 6. The maximum absolute atomic E-state index is 12.3. The van der Waals surface area contributed by atoms with E-state index in [4.69, 9.17) is 4.74 Å². The van der Waals surface area contributed by atoms with Crippen molar-refractivity contribution >= 4 is 6.03 Å². The number of nitrogens with zero attached hydrogens (tertiary/aromatic N) is 2. The minimum Gasteiger partial charge on any atom is -0.497 e. The molecule has 1 heterocycles. The summed E-state index contributed by atoms with van der Waals surface area (Å²) in [5.41, 5.74) is 3.01. The van der Waals surface area contributed by atoms with Gasteiger partial charge in [-0.25, -0.2) is 4.79 Å². The number of carbonyl (C=O) groups is 1. The number of amides is 2. The van der Waals surface area contributed by atoms with Gasteiger partial charge in [-0.05, 0) is 35.2 Å². The van der Waals surface area contributed by atoms with Crippen LogP contribution in [0.4, 0.5) is 4.79 Å². The van der Waals surface area contributed by atoms with Crippen LogP contribution in [0.15, 0.2) is 48.5 Å². The summed E-state index contributed by atoms with van der Waals surface area (Å²) in [6.07, 6.45) is 0.815. The molecule has 0 radical (unpaired) electrons. The van der Waals surface area contributed by atoms with Gasteiger partial charge >= 0.3 is 6.03 Å². The number of urea groups is 1. The fourth-order valence-corrected chi connectivity index (χ4v) is 3.71. The van der Waals surface area contributed by atoms with Crippen molar-refractivity contribution in [3.05, 3.63) is 54.1 Å². The van der Waals surface area contributed by atoms with Crippen LogP contribution in [0.3, 0.4) is 0 Å². The highest BCUT2D eigenvalue weighted by Gasteiger charge is 2.51. The molecule has 1 fully saturated rings. The van der Waals surface area contributed by atoms with E-state index < -0.39 is 12.1 Å². The number of methoxy groups -OCH3 is 1. The van der Waals surface area contributed by atoms with Crippen molar-refractivity contribution in [2.45, 2.75) is 31.3 Å². The summed E-state index contributed by atoms with van der Waals surface area (Å²) in [5.74, 6) is 0.584. The average molecular weight is 379 g/mol. The van der Waals surface area contributed by atoms with Crippen molar-refractivity contribution in [1.82, 2.24) is 10.2 Å². The van der Waals surface area contributed by atoms with Crippen LogP contribution in [0.25, 0.3) is 11.1 Å². The van der Waals surface area contributed by atoms with Crippen LogP contribution < -0.4 is 10.1 Å². The van der Waals surface area contributed by atoms with Gasteiger partial charge in [0, 0.05) is 12.5 Å². The molecule has 2 aromatic carbocycles. The van der Waals surface area contributed by atoms with E-state index in [-0.39, 0.29) is 18.6 Å². The number of aliphatic hydroxyl groups excluding tert-OH is 1. The number of carbonyl (C=O) groups excluding carboxylic acids is 1. The maximum Gasteiger partial charge on any atom is 0.318 e. The molecule has 0 bridgehead atoms. The molecule has 2 aromatic rings. The lowest BCUT2D eigenvalue weighted by Gasteiger charge is -2.51. The van der Waals surface area contributed by atoms with Crippen LogP contribution in [0, 0.1) is 11.3 Å². The Labute approximate surface area is 165 Å². The molecule has 2 amide bonds. The second-order valence-corrected chi connectivity index (χ2v) is 6.84. The normalized spacial score (nSPS) is 20.8. The van der Waals surface area contributed by atoms with Gasteiger partial charge in [0.2, 0.25) is 0 Å². The number of hydrogen-bond acceptors (Lipinski definition) is 4. The zero-order chi connectivity index (χ0) is 20.1. The number of nitriles is 1. The molecule has 1 aliphatic rings. The molecule has 0 aliphatic carbocycles. The van der Waals surface area contributed by atoms with Crippen molar-refractivity contribution < 1.29 is 14.6 Å². The summed E-state index contributed by atoms with van der Waals surface area (Å²) in [7, 11) is 1.64. The highest BCUT2D eigenvalue weighted by atomic mass is 16.5. The molecule has 2 N–H and O–H groups in total. The van der Waals surface area contributed by atoms with E-state index in [1.807, 2.05) is 55.5 Å². The number of benzene rings is 2. The van der Waals surface area contributed by atoms with Crippen molar-refractivity contribution in [2.24, 2.45) is 0 Å². The monoisotopic (exact) mass is 379 g/mol. The van der Waals surface area contributed by atoms with Crippen LogP contribution in [-0.4, -0.2) is 48.4 Å². The largest absolute Gasteiger partial charge is 0.497 e. The highest BCUT2D eigenvalue weighted by molar-refractivity contribution is 5.77. The Morgan fingerprint density at radius 3 is 2.61 bits per heavy atom. The van der Waals surface area contributed by atoms with Crippen LogP contribution in [0.5, 0.6) is 5.75 Å². The van der Waals surface area contributed by atoms with E-state index in [0.717, 1.165) is 28.9 Å². The summed E-state index contributed by atoms with van der Waals surface area (Å²) in [6, 6.07) is 16.7. The molecule has 6 nitrogen and oxygen atoms in total. The molecule has 1 saturated heterocycles. The molecule has 3 rings (SSSR count). The predicted molar refractivity (Wildman–Crippen MR) is 107 cm³/mol. The lowest BCUT2D eigenvalue weighted by molar-refractivity contribution is 0.0169. The molecular formula is C22H25N3O3. The Balaban J connectivity index is 1.80. The second kappa shape index (κ2) is 8.77. The fraction of sp³-hybridized carbons (Fsp3) is 0.364. The van der Waals surface area contributed by atoms with Gasteiger partial charge in [-0.2, -0.15) is 5.26 Å². The molecular weight excluding hydrogens is 354 g/mol. The maximum atomic E-state index is 12.3. The van der Waals surface area contributed by atoms with Crippen LogP contribution >= 0.6 is 0 Å². The molecule has 146 valence electrons. The Hall–Kier alpha value is -3.04. The minimum atomic E-state index is -0.586. The number of ether oxygens (including phenoxy) is 1. The molecule has 28 heavy (non-hydrogen) atoms. The van der Waals surface area contributed by atoms with Gasteiger partial charge in [-0.15, -0.1) is 0 Å². The van der Waals surface area contributed by atoms with Crippen molar-refractivity contribution in [1.29, 1.82) is 5.26 Å². The summed E-state index contributed by atoms with van der Waals surface area (Å²) >= 11 is 0. The quantitative estimate of drug-likeness (QED) is 0.807. The fourth-order valence-electron chi connectivity index (χ4n) is 3.71. The zero-order valence-electron chi connectivity index (χ0n) is 16.1. The van der Waals surface area contributed by atoms with Gasteiger partial charge in [0.25, 0.3) is 0 Å². The molecule has 3 atom stereocenters. The number of nitrogens with one attached hydrogen (secondary N) is 1. The smallest absolute Gasteiger partial charge is 0.318 e. The zero-order valence-corrected chi connectivity index (χ0v) is 16.1. The third-order valence-electron chi connectivity index (χ3n) is 5.19. The van der Waals surface area contributed by atoms with Crippen LogP contribution in [0.2, 0.25) is 0 Å². The molecule has 0 spiro atoms. The molecule has 6 heteroatoms. The first-order valence-corrected chi connectivity index (χ1v) is 9.45. The summed E-state index contributed by atoms with van der Waals surface area (Å²) in [5, 5.41) is 22.2. The molecule has 0 unspecified atom stereocenters. The minimum absolute atomic E-state index is 0.181. The number of likely N-dealkylation sites (tertiary alicyclic amines) is 1. The average Bonchev–Trinajstić information content (AvgIpc) is 2.72. The molecule has 0 aromatic heterocycles. The lowest BCUT2D eigenvalue weighted by Crippen LogP contribution is -2.67. The van der Waals surface area contributed by atoms with Crippen molar-refractivity contribution in [2.75, 3.05) is 20.3 Å². The first-order valence-electron chi connectivity index (χ1n) is 9.45. The Bertz CT molecular complexity index is 860. The standard InChI is InChI=1S/C22H25N3O3/c1-3-11-24-22(27)25-19(13-23)21(20(25)14-26)16-9-7-15(8-10-16)17-5-4-6-18(12-17)28-2/h4-10,12,19-21,26H,3,11,14H2,1-2H3,(H,24,27)/t19-,20-,21-/m0/s1. The van der Waals surface area contributed by atoms with Gasteiger partial charge < -0.3 is 20.1 Å². The Morgan fingerprint density at radius 1 is 1.25 bits per heavy atom. The molecule has 0 saturated carbocycles. The van der Waals surface area contributed by atoms with Crippen LogP contribution in [0.1, 0.15) is 24.8 Å². The summed E-state index contributed by atoms with van der Waals surface area (Å²) in [6.45, 7) is 2.33. The molecule has 1 aliphatic heterocycles. The van der Waals surface area contributed by atoms with E-state index in [1.165, 1.54) is 4.90 Å². The Kier molecular flexibility index (Phi) is 6.17. The Morgan fingerprint density at radius 2 is 2.00 bits per heavy atom. The van der Waals surface area contributed by atoms with E-state index in [9.17, 15) is 15.2 Å². The highest BCUT2D eigenvalue weighted by Crippen LogP contribution is 2.41. The second-order valence-electron chi connectivity index (χ2n) is 6.84. The summed E-state index contributed by atoms with van der Waals surface area (Å²) < 4.78 is 5.28. The third-order valence-corrected chi connectivity index (χ3v) is 5.19. The topological polar surface area (TPSA) is 85.6 Å².